The van der Waals surface area contributed by atoms with Gasteiger partial charge < -0.3 is 10.2 Å². The molecule has 4 rings (SSSR count). The van der Waals surface area contributed by atoms with Crippen LogP contribution in [0.25, 0.3) is 11.1 Å². The van der Waals surface area contributed by atoms with Crippen LogP contribution >= 0.6 is 11.3 Å². The first-order valence-electron chi connectivity index (χ1n) is 10.2. The summed E-state index contributed by atoms with van der Waals surface area (Å²) in [5.41, 5.74) is 2.01. The van der Waals surface area contributed by atoms with Crippen molar-refractivity contribution in [1.82, 2.24) is 15.1 Å². The second kappa shape index (κ2) is 7.53. The normalized spacial score (nSPS) is 25.2. The summed E-state index contributed by atoms with van der Waals surface area (Å²) in [6, 6.07) is 12.3. The van der Waals surface area contributed by atoms with E-state index < -0.39 is 5.54 Å². The number of guanidine groups is 1. The van der Waals surface area contributed by atoms with E-state index in [1.54, 1.807) is 24.5 Å². The highest BCUT2D eigenvalue weighted by molar-refractivity contribution is 7.10. The highest BCUT2D eigenvalue weighted by atomic mass is 32.1. The number of nitrogens with zero attached hydrogens (tertiary/aromatic N) is 3. The predicted molar refractivity (Wildman–Crippen MR) is 119 cm³/mol. The van der Waals surface area contributed by atoms with E-state index in [0.717, 1.165) is 29.1 Å². The van der Waals surface area contributed by atoms with Gasteiger partial charge in [0.05, 0.1) is 23.1 Å². The van der Waals surface area contributed by atoms with Crippen LogP contribution in [0, 0.1) is 28.6 Å². The fraction of sp³-hybridized carbons (Fsp3) is 0.435. The van der Waals surface area contributed by atoms with Gasteiger partial charge in [0.1, 0.15) is 0 Å². The van der Waals surface area contributed by atoms with Gasteiger partial charge in [-0.05, 0) is 61.4 Å². The van der Waals surface area contributed by atoms with Crippen LogP contribution in [-0.4, -0.2) is 47.8 Å². The molecule has 1 amide bonds. The molecule has 0 saturated carbocycles. The summed E-state index contributed by atoms with van der Waals surface area (Å²) >= 11 is 1.60. The molecule has 3 heterocycles. The fourth-order valence-electron chi connectivity index (χ4n) is 4.57. The number of carbonyl (C=O) groups excluding carboxylic acids is 1. The molecule has 2 aliphatic rings. The van der Waals surface area contributed by atoms with Crippen LogP contribution in [0.1, 0.15) is 31.2 Å². The number of thiophene rings is 1. The molecular formula is C23H27N5OS. The van der Waals surface area contributed by atoms with E-state index in [4.69, 9.17) is 5.41 Å². The maximum atomic E-state index is 13.3. The average Bonchev–Trinajstić information content (AvgIpc) is 3.18. The van der Waals surface area contributed by atoms with E-state index in [0.29, 0.717) is 11.6 Å². The minimum Gasteiger partial charge on any atom is -0.345 e. The number of nitriles is 1. The minimum absolute atomic E-state index is 0.0103. The summed E-state index contributed by atoms with van der Waals surface area (Å²) in [6.07, 6.45) is 0. The Hall–Kier alpha value is -2.69. The van der Waals surface area contributed by atoms with Gasteiger partial charge in [0.2, 0.25) is 5.91 Å². The van der Waals surface area contributed by atoms with Crippen LogP contribution in [0.15, 0.2) is 35.7 Å². The Bertz CT molecular complexity index is 1030. The number of likely N-dealkylation sites (tertiary alicyclic amines) is 1. The molecule has 2 fully saturated rings. The van der Waals surface area contributed by atoms with Gasteiger partial charge in [0, 0.05) is 31.1 Å². The lowest BCUT2D eigenvalue weighted by Crippen LogP contribution is -2.69. The van der Waals surface area contributed by atoms with E-state index in [9.17, 15) is 10.1 Å². The van der Waals surface area contributed by atoms with Crippen LogP contribution in [-0.2, 0) is 10.3 Å². The highest BCUT2D eigenvalue weighted by Gasteiger charge is 2.54. The SMILES string of the molecule is CC(C)N1CC([C@H]2C(=O)N(C)C(=N)N[C@]2(C)c2cc(-c3cccc(C#N)c3)cs2)C1. The Balaban J connectivity index is 1.69. The Labute approximate surface area is 181 Å². The number of rotatable bonds is 4. The van der Waals surface area contributed by atoms with Gasteiger partial charge in [-0.3, -0.25) is 15.1 Å². The average molecular weight is 422 g/mol. The van der Waals surface area contributed by atoms with Crippen molar-refractivity contribution in [3.8, 4) is 17.2 Å². The number of benzene rings is 1. The lowest BCUT2D eigenvalue weighted by Gasteiger charge is -2.53. The van der Waals surface area contributed by atoms with Gasteiger partial charge >= 0.3 is 0 Å². The molecule has 0 spiro atoms. The van der Waals surface area contributed by atoms with Crippen molar-refractivity contribution >= 4 is 23.2 Å². The van der Waals surface area contributed by atoms with Crippen molar-refractivity contribution in [3.05, 3.63) is 46.2 Å². The molecule has 1 aromatic heterocycles. The number of carbonyl (C=O) groups is 1. The molecule has 0 aliphatic carbocycles. The van der Waals surface area contributed by atoms with Crippen LogP contribution < -0.4 is 5.32 Å². The minimum atomic E-state index is -0.635. The molecule has 30 heavy (non-hydrogen) atoms. The number of nitrogens with one attached hydrogen (secondary N) is 2. The molecule has 0 unspecified atom stereocenters. The summed E-state index contributed by atoms with van der Waals surface area (Å²) in [6.45, 7) is 8.21. The van der Waals surface area contributed by atoms with Gasteiger partial charge in [-0.1, -0.05) is 12.1 Å². The van der Waals surface area contributed by atoms with Crippen LogP contribution in [0.2, 0.25) is 0 Å². The maximum absolute atomic E-state index is 13.3. The Morgan fingerprint density at radius 2 is 2.03 bits per heavy atom. The Morgan fingerprint density at radius 1 is 1.30 bits per heavy atom. The first-order valence-corrected chi connectivity index (χ1v) is 11.1. The summed E-state index contributed by atoms with van der Waals surface area (Å²) in [4.78, 5) is 18.2. The molecule has 0 radical (unpaired) electrons. The summed E-state index contributed by atoms with van der Waals surface area (Å²) in [5, 5.41) is 22.9. The Morgan fingerprint density at radius 3 is 2.70 bits per heavy atom. The largest absolute Gasteiger partial charge is 0.345 e. The third-order valence-corrected chi connectivity index (χ3v) is 7.68. The molecule has 2 atom stereocenters. The van der Waals surface area contributed by atoms with E-state index in [1.807, 2.05) is 18.2 Å². The fourth-order valence-corrected chi connectivity index (χ4v) is 5.65. The topological polar surface area (TPSA) is 83.2 Å². The summed E-state index contributed by atoms with van der Waals surface area (Å²) in [5.74, 6) is 0.167. The van der Waals surface area contributed by atoms with Gasteiger partial charge in [-0.15, -0.1) is 11.3 Å². The van der Waals surface area contributed by atoms with Crippen LogP contribution in [0.5, 0.6) is 0 Å². The molecular weight excluding hydrogens is 394 g/mol. The molecule has 156 valence electrons. The Kier molecular flexibility index (Phi) is 5.16. The standard InChI is InChI=1S/C23H27N5OS/c1-14(2)28-11-18(12-28)20-21(29)27(4)22(25)26-23(20,3)19-9-17(13-30-19)16-7-5-6-15(8-16)10-24/h5-9,13-14,18,20H,11-12H2,1-4H3,(H2,25,26)/t20-,23+/m0/s1. The summed E-state index contributed by atoms with van der Waals surface area (Å²) < 4.78 is 0. The number of hydrogen-bond donors (Lipinski definition) is 2. The zero-order chi connectivity index (χ0) is 21.6. The second-order valence-corrected chi connectivity index (χ2v) is 9.66. The van der Waals surface area contributed by atoms with E-state index in [2.05, 4.69) is 48.5 Å². The lowest BCUT2D eigenvalue weighted by atomic mass is 9.70. The first-order chi connectivity index (χ1) is 14.2. The van der Waals surface area contributed by atoms with Crippen molar-refractivity contribution in [2.75, 3.05) is 20.1 Å². The smallest absolute Gasteiger partial charge is 0.235 e. The number of amides is 1. The lowest BCUT2D eigenvalue weighted by molar-refractivity contribution is -0.142. The van der Waals surface area contributed by atoms with E-state index in [-0.39, 0.29) is 23.7 Å². The quantitative estimate of drug-likeness (QED) is 0.792. The maximum Gasteiger partial charge on any atom is 0.235 e. The first kappa shape index (κ1) is 20.6. The molecule has 0 bridgehead atoms. The monoisotopic (exact) mass is 421 g/mol. The molecule has 2 aliphatic heterocycles. The van der Waals surface area contributed by atoms with Crippen molar-refractivity contribution in [1.29, 1.82) is 10.7 Å². The number of hydrogen-bond acceptors (Lipinski definition) is 5. The van der Waals surface area contributed by atoms with Gasteiger partial charge in [0.15, 0.2) is 5.96 Å². The van der Waals surface area contributed by atoms with Crippen LogP contribution in [0.3, 0.4) is 0 Å². The van der Waals surface area contributed by atoms with Gasteiger partial charge in [0.25, 0.3) is 0 Å². The van der Waals surface area contributed by atoms with Crippen LogP contribution in [0.4, 0.5) is 0 Å². The van der Waals surface area contributed by atoms with Crippen molar-refractivity contribution < 1.29 is 4.79 Å². The third kappa shape index (κ3) is 3.30. The molecule has 1 aromatic carbocycles. The predicted octanol–water partition coefficient (Wildman–Crippen LogP) is 3.45. The zero-order valence-corrected chi connectivity index (χ0v) is 18.6. The molecule has 2 N–H and O–H groups in total. The van der Waals surface area contributed by atoms with Gasteiger partial charge in [-0.2, -0.15) is 5.26 Å². The van der Waals surface area contributed by atoms with Crippen molar-refractivity contribution in [3.63, 3.8) is 0 Å². The third-order valence-electron chi connectivity index (χ3n) is 6.51. The zero-order valence-electron chi connectivity index (χ0n) is 17.8. The second-order valence-electron chi connectivity index (χ2n) is 8.75. The molecule has 7 heteroatoms. The summed E-state index contributed by atoms with van der Waals surface area (Å²) in [7, 11) is 1.68. The molecule has 2 saturated heterocycles. The molecule has 6 nitrogen and oxygen atoms in total. The van der Waals surface area contributed by atoms with E-state index in [1.165, 1.54) is 4.90 Å². The van der Waals surface area contributed by atoms with E-state index >= 15 is 0 Å². The van der Waals surface area contributed by atoms with Crippen molar-refractivity contribution in [2.24, 2.45) is 11.8 Å². The highest BCUT2D eigenvalue weighted by Crippen LogP contribution is 2.45. The van der Waals surface area contributed by atoms with Crippen molar-refractivity contribution in [2.45, 2.75) is 32.4 Å². The molecule has 2 aromatic rings. The van der Waals surface area contributed by atoms with Gasteiger partial charge in [-0.25, -0.2) is 0 Å².